The smallest absolute Gasteiger partial charge is 0.266 e. The fourth-order valence-electron chi connectivity index (χ4n) is 2.58. The first-order valence-electron chi connectivity index (χ1n) is 9.19. The molecule has 2 aromatic carbocycles. The standard InChI is InChI=1S/C21H12Cl2N4O5S2/c22-15(9-13-1-5-17(6-2-13)26(29)30)11-19-20(28)25(21(33)34-19)24-12-16(23)10-14-3-7-18(8-4-14)27(31)32/h1-12H/b15-9-,16-10-,19-11-,24-12-. The number of carbonyl (C=O) groups is 1. The van der Waals surface area contributed by atoms with Crippen molar-refractivity contribution in [2.45, 2.75) is 0 Å². The summed E-state index contributed by atoms with van der Waals surface area (Å²) in [5.74, 6) is -0.499. The average molecular weight is 535 g/mol. The maximum Gasteiger partial charge on any atom is 0.286 e. The van der Waals surface area contributed by atoms with E-state index < -0.39 is 15.8 Å². The molecule has 0 aliphatic carbocycles. The van der Waals surface area contributed by atoms with Crippen LogP contribution in [0.5, 0.6) is 0 Å². The Labute approximate surface area is 212 Å². The van der Waals surface area contributed by atoms with Gasteiger partial charge in [-0.05, 0) is 65.8 Å². The monoisotopic (exact) mass is 534 g/mol. The first-order chi connectivity index (χ1) is 16.1. The molecule has 0 unspecified atom stereocenters. The van der Waals surface area contributed by atoms with Crippen LogP contribution in [0.4, 0.5) is 11.4 Å². The van der Waals surface area contributed by atoms with Crippen molar-refractivity contribution in [2.75, 3.05) is 0 Å². The number of halogens is 2. The van der Waals surface area contributed by atoms with Gasteiger partial charge in [-0.3, -0.25) is 25.0 Å². The molecule has 0 radical (unpaired) electrons. The van der Waals surface area contributed by atoms with Crippen molar-refractivity contribution >= 4 is 87.2 Å². The van der Waals surface area contributed by atoms with Crippen LogP contribution in [0.2, 0.25) is 0 Å². The van der Waals surface area contributed by atoms with Gasteiger partial charge in [0.25, 0.3) is 17.3 Å². The molecule has 0 saturated carbocycles. The number of carbonyl (C=O) groups excluding carboxylic acids is 1. The van der Waals surface area contributed by atoms with Crippen molar-refractivity contribution in [1.82, 2.24) is 5.01 Å². The van der Waals surface area contributed by atoms with E-state index in [1.807, 2.05) is 0 Å². The molecule has 0 spiro atoms. The number of amides is 1. The molecule has 2 aromatic rings. The normalized spacial score (nSPS) is 16.1. The Hall–Kier alpha value is -3.38. The molecule has 0 aromatic heterocycles. The lowest BCUT2D eigenvalue weighted by atomic mass is 10.2. The van der Waals surface area contributed by atoms with Gasteiger partial charge in [-0.25, -0.2) is 0 Å². The lowest BCUT2D eigenvalue weighted by Gasteiger charge is -2.05. The van der Waals surface area contributed by atoms with Gasteiger partial charge in [0.2, 0.25) is 0 Å². The predicted octanol–water partition coefficient (Wildman–Crippen LogP) is 6.09. The van der Waals surface area contributed by atoms with Crippen LogP contribution in [0.25, 0.3) is 12.2 Å². The van der Waals surface area contributed by atoms with Gasteiger partial charge < -0.3 is 0 Å². The van der Waals surface area contributed by atoms with Crippen molar-refractivity contribution < 1.29 is 14.6 Å². The molecule has 9 nitrogen and oxygen atoms in total. The minimum atomic E-state index is -0.507. The SMILES string of the molecule is O=C1/C(=C/C(Cl)=C/c2ccc([N+](=O)[O-])cc2)SC(=S)N1/N=C\C(Cl)=C\c1ccc([N+](=O)[O-])cc1. The van der Waals surface area contributed by atoms with Crippen LogP contribution in [0.15, 0.2) is 74.7 Å². The Morgan fingerprint density at radius 3 is 1.85 bits per heavy atom. The maximum absolute atomic E-state index is 12.6. The van der Waals surface area contributed by atoms with E-state index in [2.05, 4.69) is 5.10 Å². The van der Waals surface area contributed by atoms with E-state index >= 15 is 0 Å². The second-order valence-electron chi connectivity index (χ2n) is 6.49. The molecule has 1 fully saturated rings. The molecule has 0 N–H and O–H groups in total. The topological polar surface area (TPSA) is 119 Å². The van der Waals surface area contributed by atoms with E-state index in [1.54, 1.807) is 6.08 Å². The number of allylic oxidation sites excluding steroid dienone is 3. The van der Waals surface area contributed by atoms with Gasteiger partial charge in [-0.15, -0.1) is 0 Å². The minimum absolute atomic E-state index is 0.0479. The van der Waals surface area contributed by atoms with E-state index in [0.717, 1.165) is 16.8 Å². The number of hydrogen-bond donors (Lipinski definition) is 0. The molecule has 1 aliphatic heterocycles. The van der Waals surface area contributed by atoms with Crippen molar-refractivity contribution in [3.8, 4) is 0 Å². The minimum Gasteiger partial charge on any atom is -0.266 e. The first kappa shape index (κ1) is 25.2. The van der Waals surface area contributed by atoms with Crippen LogP contribution in [0.3, 0.4) is 0 Å². The number of nitro benzene ring substituents is 2. The van der Waals surface area contributed by atoms with E-state index in [1.165, 1.54) is 66.9 Å². The summed E-state index contributed by atoms with van der Waals surface area (Å²) in [5, 5.41) is 26.8. The molecule has 3 rings (SSSR count). The number of thiocarbonyl (C=S) groups is 1. The second-order valence-corrected chi connectivity index (χ2v) is 9.04. The molecule has 13 heteroatoms. The molecular formula is C21H12Cl2N4O5S2. The van der Waals surface area contributed by atoms with Crippen LogP contribution in [-0.2, 0) is 4.79 Å². The van der Waals surface area contributed by atoms with Gasteiger partial charge in [0.05, 0.1) is 26.0 Å². The number of nitrogens with zero attached hydrogens (tertiary/aromatic N) is 4. The summed E-state index contributed by atoms with van der Waals surface area (Å²) in [7, 11) is 0. The number of non-ortho nitro benzene ring substituents is 2. The molecule has 1 saturated heterocycles. The Bertz CT molecular complexity index is 1290. The number of rotatable bonds is 7. The third-order valence-electron chi connectivity index (χ3n) is 4.16. The van der Waals surface area contributed by atoms with E-state index in [4.69, 9.17) is 35.4 Å². The first-order valence-corrected chi connectivity index (χ1v) is 11.2. The summed E-state index contributed by atoms with van der Waals surface area (Å²) in [4.78, 5) is 33.3. The molecule has 1 heterocycles. The lowest BCUT2D eigenvalue weighted by Crippen LogP contribution is -2.22. The number of thioether (sulfide) groups is 1. The van der Waals surface area contributed by atoms with E-state index in [0.29, 0.717) is 11.1 Å². The van der Waals surface area contributed by atoms with Crippen LogP contribution in [0.1, 0.15) is 11.1 Å². The van der Waals surface area contributed by atoms with Gasteiger partial charge in [-0.1, -0.05) is 35.0 Å². The number of hydrazone groups is 1. The highest BCUT2D eigenvalue weighted by Crippen LogP contribution is 2.33. The summed E-state index contributed by atoms with van der Waals surface area (Å²) in [5.41, 5.74) is 1.12. The van der Waals surface area contributed by atoms with Gasteiger partial charge in [0.1, 0.15) is 0 Å². The van der Waals surface area contributed by atoms with Gasteiger partial charge in [-0.2, -0.15) is 10.1 Å². The third kappa shape index (κ3) is 6.58. The van der Waals surface area contributed by atoms with Crippen LogP contribution in [0, 0.1) is 20.2 Å². The van der Waals surface area contributed by atoms with Crippen molar-refractivity contribution in [3.05, 3.63) is 101 Å². The van der Waals surface area contributed by atoms with Crippen molar-refractivity contribution in [1.29, 1.82) is 0 Å². The van der Waals surface area contributed by atoms with Crippen LogP contribution in [-0.4, -0.2) is 31.3 Å². The fourth-order valence-corrected chi connectivity index (χ4v) is 4.21. The highest BCUT2D eigenvalue weighted by molar-refractivity contribution is 8.26. The molecule has 1 amide bonds. The zero-order valence-electron chi connectivity index (χ0n) is 16.8. The highest BCUT2D eigenvalue weighted by Gasteiger charge is 2.32. The Kier molecular flexibility index (Phi) is 8.29. The Balaban J connectivity index is 1.70. The summed E-state index contributed by atoms with van der Waals surface area (Å²) < 4.78 is 0.173. The van der Waals surface area contributed by atoms with Gasteiger partial charge in [0.15, 0.2) is 4.32 Å². The molecule has 1 aliphatic rings. The van der Waals surface area contributed by atoms with E-state index in [9.17, 15) is 25.0 Å². The Morgan fingerprint density at radius 1 is 0.912 bits per heavy atom. The van der Waals surface area contributed by atoms with Crippen molar-refractivity contribution in [3.63, 3.8) is 0 Å². The second kappa shape index (κ2) is 11.2. The third-order valence-corrected chi connectivity index (χ3v) is 5.86. The number of hydrogen-bond acceptors (Lipinski definition) is 8. The summed E-state index contributed by atoms with van der Waals surface area (Å²) in [6.07, 6.45) is 5.72. The number of benzene rings is 2. The quantitative estimate of drug-likeness (QED) is 0.138. The molecule has 34 heavy (non-hydrogen) atoms. The lowest BCUT2D eigenvalue weighted by molar-refractivity contribution is -0.385. The van der Waals surface area contributed by atoms with Gasteiger partial charge >= 0.3 is 0 Å². The van der Waals surface area contributed by atoms with Crippen molar-refractivity contribution in [2.24, 2.45) is 5.10 Å². The van der Waals surface area contributed by atoms with Crippen LogP contribution < -0.4 is 0 Å². The molecule has 0 bridgehead atoms. The van der Waals surface area contributed by atoms with E-state index in [-0.39, 0.29) is 30.7 Å². The predicted molar refractivity (Wildman–Crippen MR) is 137 cm³/mol. The highest BCUT2D eigenvalue weighted by atomic mass is 35.5. The van der Waals surface area contributed by atoms with Gasteiger partial charge in [0, 0.05) is 29.3 Å². The summed E-state index contributed by atoms with van der Waals surface area (Å²) in [6, 6.07) is 11.5. The summed E-state index contributed by atoms with van der Waals surface area (Å²) in [6.45, 7) is 0. The average Bonchev–Trinajstić information content (AvgIpc) is 3.05. The van der Waals surface area contributed by atoms with Crippen LogP contribution >= 0.6 is 47.2 Å². The zero-order valence-corrected chi connectivity index (χ0v) is 20.0. The molecule has 172 valence electrons. The Morgan fingerprint density at radius 2 is 1.38 bits per heavy atom. The fraction of sp³-hybridized carbons (Fsp3) is 0. The number of nitro groups is 2. The maximum atomic E-state index is 12.6. The molecule has 0 atom stereocenters. The summed E-state index contributed by atoms with van der Waals surface area (Å²) >= 11 is 18.6. The molecular weight excluding hydrogens is 523 g/mol. The zero-order chi connectivity index (χ0) is 24.8. The largest absolute Gasteiger partial charge is 0.286 e.